The number of nitrogens with one attached hydrogen (secondary N) is 2. The van der Waals surface area contributed by atoms with Gasteiger partial charge in [0.05, 0.1) is 29.9 Å². The monoisotopic (exact) mass is 371 g/mol. The van der Waals surface area contributed by atoms with E-state index >= 15 is 0 Å². The molecule has 2 heterocycles. The van der Waals surface area contributed by atoms with Gasteiger partial charge in [0.2, 0.25) is 5.95 Å². The molecule has 0 aliphatic heterocycles. The first-order chi connectivity index (χ1) is 12.9. The summed E-state index contributed by atoms with van der Waals surface area (Å²) in [7, 11) is 0. The molecule has 3 aromatic rings. The minimum atomic E-state index is -1.00. The van der Waals surface area contributed by atoms with Crippen molar-refractivity contribution in [1.29, 1.82) is 0 Å². The summed E-state index contributed by atoms with van der Waals surface area (Å²) in [6.45, 7) is 0.967. The molecule has 0 unspecified atom stereocenters. The molecule has 4 N–H and O–H groups in total. The first-order valence-electron chi connectivity index (χ1n) is 7.93. The van der Waals surface area contributed by atoms with Gasteiger partial charge in [0, 0.05) is 17.8 Å². The molecule has 140 valence electrons. The summed E-state index contributed by atoms with van der Waals surface area (Å²) in [5.74, 6) is 0.505. The van der Waals surface area contributed by atoms with Crippen LogP contribution in [0.1, 0.15) is 6.92 Å². The van der Waals surface area contributed by atoms with E-state index in [1.54, 1.807) is 19.1 Å². The third kappa shape index (κ3) is 4.04. The van der Waals surface area contributed by atoms with Crippen LogP contribution in [-0.2, 0) is 0 Å². The van der Waals surface area contributed by atoms with Gasteiger partial charge in [0.25, 0.3) is 5.69 Å². The number of aliphatic hydroxyl groups excluding tert-OH is 2. The standard InChI is InChI=1S/C16H17N7O4/c1-16(7-24,8-25)22-15-17-6-12-13(21-15)14(19-9-18-12)20-10-3-2-4-11(5-10)23(26)27/h2-6,9,24-25H,7-8H2,1H3,(H,17,21,22)(H,18,19,20). The van der Waals surface area contributed by atoms with E-state index in [2.05, 4.69) is 30.6 Å². The van der Waals surface area contributed by atoms with E-state index in [-0.39, 0.29) is 24.8 Å². The first-order valence-corrected chi connectivity index (χ1v) is 7.93. The molecule has 0 radical (unpaired) electrons. The average molecular weight is 371 g/mol. The van der Waals surface area contributed by atoms with E-state index in [1.165, 1.54) is 24.7 Å². The number of hydrogen-bond acceptors (Lipinski definition) is 10. The van der Waals surface area contributed by atoms with Gasteiger partial charge >= 0.3 is 0 Å². The van der Waals surface area contributed by atoms with Crippen molar-refractivity contribution in [3.05, 3.63) is 46.9 Å². The number of non-ortho nitro benzene ring substituents is 1. The molecule has 1 aromatic carbocycles. The van der Waals surface area contributed by atoms with E-state index < -0.39 is 10.5 Å². The fourth-order valence-electron chi connectivity index (χ4n) is 2.24. The molecule has 0 atom stereocenters. The summed E-state index contributed by atoms with van der Waals surface area (Å²) in [6, 6.07) is 5.98. The van der Waals surface area contributed by atoms with Gasteiger partial charge in [-0.1, -0.05) is 6.07 Å². The third-order valence-corrected chi connectivity index (χ3v) is 3.81. The van der Waals surface area contributed by atoms with Crippen molar-refractivity contribution in [2.45, 2.75) is 12.5 Å². The summed E-state index contributed by atoms with van der Waals surface area (Å²) in [5.41, 5.74) is 0.236. The highest BCUT2D eigenvalue weighted by Crippen LogP contribution is 2.24. The van der Waals surface area contributed by atoms with Crippen LogP contribution in [0.15, 0.2) is 36.8 Å². The fourth-order valence-corrected chi connectivity index (χ4v) is 2.24. The number of rotatable bonds is 7. The van der Waals surface area contributed by atoms with Gasteiger partial charge < -0.3 is 20.8 Å². The second kappa shape index (κ2) is 7.43. The maximum atomic E-state index is 10.9. The molecule has 27 heavy (non-hydrogen) atoms. The third-order valence-electron chi connectivity index (χ3n) is 3.81. The minimum Gasteiger partial charge on any atom is -0.394 e. The molecule has 0 fully saturated rings. The van der Waals surface area contributed by atoms with E-state index in [0.717, 1.165) is 0 Å². The van der Waals surface area contributed by atoms with Crippen molar-refractivity contribution in [2.75, 3.05) is 23.8 Å². The number of benzene rings is 1. The van der Waals surface area contributed by atoms with Gasteiger partial charge in [-0.2, -0.15) is 0 Å². The highest BCUT2D eigenvalue weighted by molar-refractivity contribution is 5.87. The number of hydrogen-bond donors (Lipinski definition) is 4. The predicted octanol–water partition coefficient (Wildman–Crippen LogP) is 1.23. The highest BCUT2D eigenvalue weighted by Gasteiger charge is 2.23. The number of aliphatic hydroxyl groups is 2. The van der Waals surface area contributed by atoms with Crippen molar-refractivity contribution in [1.82, 2.24) is 19.9 Å². The van der Waals surface area contributed by atoms with Crippen LogP contribution in [0.25, 0.3) is 11.0 Å². The van der Waals surface area contributed by atoms with Gasteiger partial charge in [0.15, 0.2) is 5.82 Å². The first kappa shape index (κ1) is 18.4. The number of nitro groups is 1. The number of fused-ring (bicyclic) bond motifs is 1. The fraction of sp³-hybridized carbons (Fsp3) is 0.250. The Bertz CT molecular complexity index is 978. The van der Waals surface area contributed by atoms with Crippen LogP contribution in [0.2, 0.25) is 0 Å². The molecular formula is C16H17N7O4. The molecule has 3 rings (SSSR count). The van der Waals surface area contributed by atoms with Crippen LogP contribution in [-0.4, -0.2) is 53.8 Å². The summed E-state index contributed by atoms with van der Waals surface area (Å²) in [5, 5.41) is 35.6. The van der Waals surface area contributed by atoms with Crippen LogP contribution < -0.4 is 10.6 Å². The molecule has 11 nitrogen and oxygen atoms in total. The number of anilines is 3. The van der Waals surface area contributed by atoms with E-state index in [1.807, 2.05) is 0 Å². The Morgan fingerprint density at radius 2 is 2.00 bits per heavy atom. The Labute approximate surface area is 153 Å². The van der Waals surface area contributed by atoms with Crippen molar-refractivity contribution >= 4 is 34.2 Å². The largest absolute Gasteiger partial charge is 0.394 e. The van der Waals surface area contributed by atoms with Gasteiger partial charge in [0.1, 0.15) is 17.4 Å². The van der Waals surface area contributed by atoms with Crippen LogP contribution in [0.4, 0.5) is 23.1 Å². The van der Waals surface area contributed by atoms with E-state index in [9.17, 15) is 20.3 Å². The minimum absolute atomic E-state index is 0.0583. The van der Waals surface area contributed by atoms with Gasteiger partial charge in [-0.25, -0.2) is 19.9 Å². The summed E-state index contributed by atoms with van der Waals surface area (Å²) < 4.78 is 0. The summed E-state index contributed by atoms with van der Waals surface area (Å²) in [4.78, 5) is 27.2. The lowest BCUT2D eigenvalue weighted by atomic mass is 10.1. The maximum Gasteiger partial charge on any atom is 0.271 e. The lowest BCUT2D eigenvalue weighted by Crippen LogP contribution is -2.43. The maximum absolute atomic E-state index is 10.9. The molecule has 0 saturated carbocycles. The van der Waals surface area contributed by atoms with Crippen LogP contribution in [0.3, 0.4) is 0 Å². The van der Waals surface area contributed by atoms with Crippen molar-refractivity contribution in [3.8, 4) is 0 Å². The molecule has 0 saturated heterocycles. The molecule has 11 heteroatoms. The number of nitrogens with zero attached hydrogens (tertiary/aromatic N) is 5. The molecular weight excluding hydrogens is 354 g/mol. The molecule has 0 amide bonds. The molecule has 0 aliphatic carbocycles. The zero-order valence-electron chi connectivity index (χ0n) is 14.3. The van der Waals surface area contributed by atoms with Crippen LogP contribution in [0.5, 0.6) is 0 Å². The quantitative estimate of drug-likeness (QED) is 0.351. The highest BCUT2D eigenvalue weighted by atomic mass is 16.6. The van der Waals surface area contributed by atoms with Crippen LogP contribution in [0, 0.1) is 10.1 Å². The Morgan fingerprint density at radius 1 is 1.22 bits per heavy atom. The molecule has 0 spiro atoms. The molecule has 2 aromatic heterocycles. The molecule has 0 bridgehead atoms. The van der Waals surface area contributed by atoms with Gasteiger partial charge in [-0.3, -0.25) is 10.1 Å². The number of aromatic nitrogens is 4. The van der Waals surface area contributed by atoms with Crippen molar-refractivity contribution in [3.63, 3.8) is 0 Å². The van der Waals surface area contributed by atoms with Crippen molar-refractivity contribution in [2.24, 2.45) is 0 Å². The normalized spacial score (nSPS) is 11.4. The second-order valence-corrected chi connectivity index (χ2v) is 6.08. The van der Waals surface area contributed by atoms with Gasteiger partial charge in [-0.15, -0.1) is 0 Å². The second-order valence-electron chi connectivity index (χ2n) is 6.08. The van der Waals surface area contributed by atoms with Crippen LogP contribution >= 0.6 is 0 Å². The summed E-state index contributed by atoms with van der Waals surface area (Å²) in [6.07, 6.45) is 2.80. The zero-order valence-corrected chi connectivity index (χ0v) is 14.3. The molecule has 0 aliphatic rings. The smallest absolute Gasteiger partial charge is 0.271 e. The van der Waals surface area contributed by atoms with E-state index in [0.29, 0.717) is 22.5 Å². The van der Waals surface area contributed by atoms with E-state index in [4.69, 9.17) is 0 Å². The lowest BCUT2D eigenvalue weighted by molar-refractivity contribution is -0.384. The van der Waals surface area contributed by atoms with Crippen molar-refractivity contribution < 1.29 is 15.1 Å². The predicted molar refractivity (Wildman–Crippen MR) is 97.7 cm³/mol. The number of nitro benzene ring substituents is 1. The Balaban J connectivity index is 1.97. The van der Waals surface area contributed by atoms with Gasteiger partial charge in [-0.05, 0) is 13.0 Å². The topological polar surface area (TPSA) is 159 Å². The lowest BCUT2D eigenvalue weighted by Gasteiger charge is -2.26. The Morgan fingerprint density at radius 3 is 2.70 bits per heavy atom. The SMILES string of the molecule is CC(CO)(CO)Nc1ncc2ncnc(Nc3cccc([N+](=O)[O-])c3)c2n1. The summed E-state index contributed by atoms with van der Waals surface area (Å²) >= 11 is 0. The Kier molecular flexibility index (Phi) is 5.05. The Hall–Kier alpha value is -3.44. The average Bonchev–Trinajstić information content (AvgIpc) is 2.68. The zero-order chi connectivity index (χ0) is 19.4.